The summed E-state index contributed by atoms with van der Waals surface area (Å²) in [5.41, 5.74) is 2.25. The van der Waals surface area contributed by atoms with E-state index in [-0.39, 0.29) is 36.8 Å². The highest BCUT2D eigenvalue weighted by Crippen LogP contribution is 2.25. The molecule has 1 heterocycles. The van der Waals surface area contributed by atoms with Crippen LogP contribution in [0.1, 0.15) is 38.7 Å². The first-order valence-corrected chi connectivity index (χ1v) is 9.09. The molecule has 3 amide bonds. The Kier molecular flexibility index (Phi) is 7.45. The van der Waals surface area contributed by atoms with E-state index in [0.29, 0.717) is 6.42 Å². The molecule has 9 heteroatoms. The largest absolute Gasteiger partial charge is 0.344 e. The first-order valence-electron chi connectivity index (χ1n) is 9.09. The number of amides is 3. The molecule has 0 saturated carbocycles. The van der Waals surface area contributed by atoms with Gasteiger partial charge in [-0.3, -0.25) is 19.2 Å². The molecule has 154 valence electrons. The van der Waals surface area contributed by atoms with Crippen molar-refractivity contribution in [2.75, 3.05) is 7.11 Å². The Morgan fingerprint density at radius 3 is 2.68 bits per heavy atom. The van der Waals surface area contributed by atoms with Crippen LogP contribution in [-0.2, 0) is 25.8 Å². The van der Waals surface area contributed by atoms with Gasteiger partial charge in [-0.05, 0) is 18.4 Å². The number of carbonyl (C=O) groups excluding carboxylic acids is 3. The average Bonchev–Trinajstić information content (AvgIpc) is 2.96. The van der Waals surface area contributed by atoms with Gasteiger partial charge in [-0.15, -0.1) is 0 Å². The highest BCUT2D eigenvalue weighted by Gasteiger charge is 2.34. The quantitative estimate of drug-likeness (QED) is 0.653. The summed E-state index contributed by atoms with van der Waals surface area (Å²) in [4.78, 5) is 42.6. The highest BCUT2D eigenvalue weighted by atomic mass is 19.2. The minimum Gasteiger partial charge on any atom is -0.344 e. The van der Waals surface area contributed by atoms with Crippen LogP contribution in [-0.4, -0.2) is 41.8 Å². The number of likely N-dealkylation sites (tertiary alicyclic amines) is 1. The van der Waals surface area contributed by atoms with Crippen molar-refractivity contribution in [2.45, 2.75) is 51.7 Å². The van der Waals surface area contributed by atoms with Crippen molar-refractivity contribution >= 4 is 17.7 Å². The van der Waals surface area contributed by atoms with Crippen molar-refractivity contribution in [1.82, 2.24) is 15.7 Å². The fourth-order valence-electron chi connectivity index (χ4n) is 3.22. The molecule has 0 spiro atoms. The molecule has 1 aromatic rings. The van der Waals surface area contributed by atoms with Gasteiger partial charge in [0.15, 0.2) is 11.6 Å². The third-order valence-corrected chi connectivity index (χ3v) is 4.71. The summed E-state index contributed by atoms with van der Waals surface area (Å²) in [6, 6.07) is 2.54. The summed E-state index contributed by atoms with van der Waals surface area (Å²) < 4.78 is 27.4. The van der Waals surface area contributed by atoms with Crippen LogP contribution in [0.4, 0.5) is 8.78 Å². The van der Waals surface area contributed by atoms with Crippen LogP contribution in [0.25, 0.3) is 0 Å². The maximum absolute atomic E-state index is 13.9. The van der Waals surface area contributed by atoms with Crippen LogP contribution in [0, 0.1) is 17.6 Å². The Morgan fingerprint density at radius 2 is 2.04 bits per heavy atom. The second kappa shape index (κ2) is 9.59. The summed E-state index contributed by atoms with van der Waals surface area (Å²) in [5, 5.41) is 2.64. The molecule has 0 unspecified atom stereocenters. The van der Waals surface area contributed by atoms with E-state index >= 15 is 0 Å². The molecular weight excluding hydrogens is 372 g/mol. The third kappa shape index (κ3) is 5.25. The smallest absolute Gasteiger partial charge is 0.266 e. The minimum atomic E-state index is -0.999. The maximum Gasteiger partial charge on any atom is 0.266 e. The normalized spacial score (nSPS) is 17.7. The summed E-state index contributed by atoms with van der Waals surface area (Å²) in [7, 11) is 1.30. The van der Waals surface area contributed by atoms with Gasteiger partial charge in [0.25, 0.3) is 5.91 Å². The zero-order valence-corrected chi connectivity index (χ0v) is 16.1. The van der Waals surface area contributed by atoms with Crippen molar-refractivity contribution in [3.63, 3.8) is 0 Å². The molecule has 0 radical (unpaired) electrons. The van der Waals surface area contributed by atoms with Crippen molar-refractivity contribution in [3.8, 4) is 0 Å². The number of halogens is 2. The predicted molar refractivity (Wildman–Crippen MR) is 96.5 cm³/mol. The first kappa shape index (κ1) is 21.7. The molecule has 28 heavy (non-hydrogen) atoms. The van der Waals surface area contributed by atoms with Crippen LogP contribution in [0.2, 0.25) is 0 Å². The van der Waals surface area contributed by atoms with Crippen molar-refractivity contribution in [2.24, 2.45) is 5.92 Å². The number of nitrogens with one attached hydrogen (secondary N) is 2. The summed E-state index contributed by atoms with van der Waals surface area (Å²) in [6.07, 6.45) is 0.624. The molecule has 2 rings (SSSR count). The molecule has 1 saturated heterocycles. The second-order valence-electron chi connectivity index (χ2n) is 7.09. The van der Waals surface area contributed by atoms with Crippen LogP contribution in [0.5, 0.6) is 0 Å². The second-order valence-corrected chi connectivity index (χ2v) is 7.09. The molecule has 0 aliphatic carbocycles. The van der Waals surface area contributed by atoms with Gasteiger partial charge in [0.2, 0.25) is 11.8 Å². The lowest BCUT2D eigenvalue weighted by molar-refractivity contribution is -0.138. The van der Waals surface area contributed by atoms with Gasteiger partial charge < -0.3 is 10.2 Å². The molecule has 7 nitrogen and oxygen atoms in total. The van der Waals surface area contributed by atoms with Crippen LogP contribution in [0.3, 0.4) is 0 Å². The lowest BCUT2D eigenvalue weighted by Gasteiger charge is -2.26. The molecule has 2 atom stereocenters. The number of hydrogen-bond acceptors (Lipinski definition) is 4. The van der Waals surface area contributed by atoms with Crippen molar-refractivity contribution in [1.29, 1.82) is 0 Å². The first-order chi connectivity index (χ1) is 13.2. The number of rotatable bonds is 8. The van der Waals surface area contributed by atoms with Crippen LogP contribution in [0.15, 0.2) is 18.2 Å². The number of benzene rings is 1. The van der Waals surface area contributed by atoms with E-state index in [9.17, 15) is 23.2 Å². The monoisotopic (exact) mass is 397 g/mol. The molecule has 1 aliphatic rings. The molecule has 0 aromatic heterocycles. The van der Waals surface area contributed by atoms with Crippen molar-refractivity contribution < 1.29 is 28.0 Å². The Hall–Kier alpha value is -2.55. The average molecular weight is 397 g/mol. The lowest BCUT2D eigenvalue weighted by Crippen LogP contribution is -2.50. The summed E-state index contributed by atoms with van der Waals surface area (Å²) in [5.74, 6) is -3.27. The van der Waals surface area contributed by atoms with Crippen LogP contribution < -0.4 is 10.8 Å². The SMILES string of the molecule is CONC(=O)[C@@H](NC(=O)C[C@@H]1CCC(=O)N1Cc1cccc(F)c1F)C(C)C. The highest BCUT2D eigenvalue weighted by molar-refractivity contribution is 5.88. The van der Waals surface area contributed by atoms with Gasteiger partial charge in [-0.1, -0.05) is 26.0 Å². The van der Waals surface area contributed by atoms with Crippen LogP contribution >= 0.6 is 0 Å². The topological polar surface area (TPSA) is 87.7 Å². The lowest BCUT2D eigenvalue weighted by atomic mass is 10.0. The molecule has 1 aliphatic heterocycles. The number of carbonyl (C=O) groups is 3. The van der Waals surface area contributed by atoms with Gasteiger partial charge >= 0.3 is 0 Å². The predicted octanol–water partition coefficient (Wildman–Crippen LogP) is 1.66. The standard InChI is InChI=1S/C19H25F2N3O4/c1-11(2)18(19(27)23-28-3)22-15(25)9-13-7-8-16(26)24(13)10-12-5-4-6-14(20)17(12)21/h4-6,11,13,18H,7-10H2,1-3H3,(H,22,25)(H,23,27)/t13-,18-/m0/s1. The van der Waals surface area contributed by atoms with Gasteiger partial charge in [-0.25, -0.2) is 14.3 Å². The van der Waals surface area contributed by atoms with E-state index in [2.05, 4.69) is 15.6 Å². The molecule has 1 aromatic carbocycles. The van der Waals surface area contributed by atoms with E-state index in [0.717, 1.165) is 6.07 Å². The fraction of sp³-hybridized carbons (Fsp3) is 0.526. The third-order valence-electron chi connectivity index (χ3n) is 4.71. The van der Waals surface area contributed by atoms with Gasteiger partial charge in [0.1, 0.15) is 6.04 Å². The summed E-state index contributed by atoms with van der Waals surface area (Å²) in [6.45, 7) is 3.44. The van der Waals surface area contributed by atoms with Gasteiger partial charge in [-0.2, -0.15) is 0 Å². The maximum atomic E-state index is 13.9. The molecular formula is C19H25F2N3O4. The van der Waals surface area contributed by atoms with Gasteiger partial charge in [0.05, 0.1) is 7.11 Å². The fourth-order valence-corrected chi connectivity index (χ4v) is 3.22. The van der Waals surface area contributed by atoms with Crippen molar-refractivity contribution in [3.05, 3.63) is 35.4 Å². The Labute approximate surface area is 162 Å². The molecule has 1 fully saturated rings. The number of nitrogens with zero attached hydrogens (tertiary/aromatic N) is 1. The zero-order chi connectivity index (χ0) is 20.8. The summed E-state index contributed by atoms with van der Waals surface area (Å²) >= 11 is 0. The van der Waals surface area contributed by atoms with E-state index < -0.39 is 35.5 Å². The molecule has 0 bridgehead atoms. The van der Waals surface area contributed by atoms with E-state index in [1.54, 1.807) is 13.8 Å². The Morgan fingerprint density at radius 1 is 1.32 bits per heavy atom. The van der Waals surface area contributed by atoms with E-state index in [4.69, 9.17) is 0 Å². The van der Waals surface area contributed by atoms with E-state index in [1.807, 2.05) is 0 Å². The number of hydrogen-bond donors (Lipinski definition) is 2. The van der Waals surface area contributed by atoms with E-state index in [1.165, 1.54) is 24.1 Å². The zero-order valence-electron chi connectivity index (χ0n) is 16.1. The Balaban J connectivity index is 2.05. The number of hydroxylamine groups is 1. The van der Waals surface area contributed by atoms with Gasteiger partial charge in [0, 0.05) is 31.0 Å². The Bertz CT molecular complexity index is 742. The minimum absolute atomic E-state index is 0.0356. The molecule has 2 N–H and O–H groups in total.